The zero-order chi connectivity index (χ0) is 9.80. The molecule has 1 N–H and O–H groups in total. The highest BCUT2D eigenvalue weighted by molar-refractivity contribution is 4.83. The van der Waals surface area contributed by atoms with Crippen molar-refractivity contribution in [2.45, 2.75) is 45.1 Å². The Morgan fingerprint density at radius 2 is 1.93 bits per heavy atom. The highest BCUT2D eigenvalue weighted by atomic mass is 15.1. The first-order valence-electron chi connectivity index (χ1n) is 6.32. The summed E-state index contributed by atoms with van der Waals surface area (Å²) in [7, 11) is 0. The van der Waals surface area contributed by atoms with Gasteiger partial charge in [0.2, 0.25) is 0 Å². The largest absolute Gasteiger partial charge is 0.313 e. The van der Waals surface area contributed by atoms with Gasteiger partial charge in [-0.15, -0.1) is 0 Å². The van der Waals surface area contributed by atoms with Crippen molar-refractivity contribution >= 4 is 0 Å². The van der Waals surface area contributed by atoms with Gasteiger partial charge in [-0.1, -0.05) is 6.42 Å². The number of hydrogen-bond donors (Lipinski definition) is 1. The van der Waals surface area contributed by atoms with Crippen LogP contribution >= 0.6 is 0 Å². The molecule has 82 valence electrons. The van der Waals surface area contributed by atoms with E-state index in [0.717, 1.165) is 12.0 Å². The van der Waals surface area contributed by atoms with Crippen molar-refractivity contribution in [3.8, 4) is 0 Å². The van der Waals surface area contributed by atoms with E-state index in [0.29, 0.717) is 0 Å². The van der Waals surface area contributed by atoms with Crippen LogP contribution in [0.4, 0.5) is 0 Å². The van der Waals surface area contributed by atoms with Crippen LogP contribution in [0.15, 0.2) is 0 Å². The Bertz CT molecular complexity index is 160. The maximum Gasteiger partial charge on any atom is 0.0107 e. The smallest absolute Gasteiger partial charge is 0.0107 e. The predicted molar refractivity (Wildman–Crippen MR) is 60.5 cm³/mol. The monoisotopic (exact) mass is 196 g/mol. The van der Waals surface area contributed by atoms with Gasteiger partial charge in [0.1, 0.15) is 0 Å². The molecule has 0 aromatic carbocycles. The van der Waals surface area contributed by atoms with Gasteiger partial charge in [0.05, 0.1) is 0 Å². The molecule has 2 fully saturated rings. The lowest BCUT2D eigenvalue weighted by atomic mass is 10.1. The van der Waals surface area contributed by atoms with Gasteiger partial charge in [-0.3, -0.25) is 0 Å². The topological polar surface area (TPSA) is 15.3 Å². The molecule has 1 aliphatic heterocycles. The van der Waals surface area contributed by atoms with Gasteiger partial charge < -0.3 is 10.2 Å². The first-order valence-corrected chi connectivity index (χ1v) is 6.32. The molecule has 2 heteroatoms. The predicted octanol–water partition coefficient (Wildman–Crippen LogP) is 1.86. The Morgan fingerprint density at radius 3 is 2.57 bits per heavy atom. The number of hydrogen-bond acceptors (Lipinski definition) is 2. The average Bonchev–Trinajstić information content (AvgIpc) is 3.02. The SMILES string of the molecule is C[C@@H](NCCN1CCCCC1)C1CC1. The van der Waals surface area contributed by atoms with Crippen molar-refractivity contribution < 1.29 is 0 Å². The molecule has 0 aromatic heterocycles. The van der Waals surface area contributed by atoms with E-state index in [2.05, 4.69) is 17.1 Å². The highest BCUT2D eigenvalue weighted by Gasteiger charge is 2.27. The van der Waals surface area contributed by atoms with Crippen LogP contribution in [0.3, 0.4) is 0 Å². The number of piperidine rings is 1. The minimum absolute atomic E-state index is 0.764. The van der Waals surface area contributed by atoms with E-state index in [9.17, 15) is 0 Å². The zero-order valence-electron chi connectivity index (χ0n) is 9.47. The van der Waals surface area contributed by atoms with E-state index in [-0.39, 0.29) is 0 Å². The van der Waals surface area contributed by atoms with E-state index in [1.54, 1.807) is 0 Å². The zero-order valence-corrected chi connectivity index (χ0v) is 9.47. The van der Waals surface area contributed by atoms with E-state index >= 15 is 0 Å². The second kappa shape index (κ2) is 5.13. The quantitative estimate of drug-likeness (QED) is 0.722. The molecule has 0 aromatic rings. The fourth-order valence-electron chi connectivity index (χ4n) is 2.40. The third kappa shape index (κ3) is 3.25. The van der Waals surface area contributed by atoms with Gasteiger partial charge in [-0.2, -0.15) is 0 Å². The van der Waals surface area contributed by atoms with Gasteiger partial charge in [0, 0.05) is 19.1 Å². The van der Waals surface area contributed by atoms with E-state index in [1.807, 2.05) is 0 Å². The van der Waals surface area contributed by atoms with Gasteiger partial charge in [0.15, 0.2) is 0 Å². The molecule has 0 unspecified atom stereocenters. The summed E-state index contributed by atoms with van der Waals surface area (Å²) in [6, 6.07) is 0.764. The van der Waals surface area contributed by atoms with Crippen LogP contribution in [0.2, 0.25) is 0 Å². The number of rotatable bonds is 5. The minimum Gasteiger partial charge on any atom is -0.313 e. The maximum atomic E-state index is 3.65. The van der Waals surface area contributed by atoms with Crippen LogP contribution in [0.25, 0.3) is 0 Å². The third-order valence-electron chi connectivity index (χ3n) is 3.67. The molecule has 2 rings (SSSR count). The Balaban J connectivity index is 1.52. The summed E-state index contributed by atoms with van der Waals surface area (Å²) in [4.78, 5) is 2.61. The molecule has 2 aliphatic rings. The molecule has 1 heterocycles. The number of nitrogens with one attached hydrogen (secondary N) is 1. The molecule has 0 spiro atoms. The van der Waals surface area contributed by atoms with Crippen LogP contribution in [-0.2, 0) is 0 Å². The molecular formula is C12H24N2. The summed E-state index contributed by atoms with van der Waals surface area (Å²) < 4.78 is 0. The summed E-state index contributed by atoms with van der Waals surface area (Å²) in [5.74, 6) is 0.997. The van der Waals surface area contributed by atoms with Crippen LogP contribution < -0.4 is 5.32 Å². The summed E-state index contributed by atoms with van der Waals surface area (Å²) >= 11 is 0. The molecule has 0 bridgehead atoms. The van der Waals surface area contributed by atoms with Crippen molar-refractivity contribution in [2.75, 3.05) is 26.2 Å². The van der Waals surface area contributed by atoms with E-state index < -0.39 is 0 Å². The van der Waals surface area contributed by atoms with Crippen molar-refractivity contribution in [1.82, 2.24) is 10.2 Å². The van der Waals surface area contributed by atoms with E-state index in [1.165, 1.54) is 58.3 Å². The summed E-state index contributed by atoms with van der Waals surface area (Å²) in [6.07, 6.45) is 7.19. The molecule has 0 radical (unpaired) electrons. The summed E-state index contributed by atoms with van der Waals surface area (Å²) in [5, 5.41) is 3.65. The fourth-order valence-corrected chi connectivity index (χ4v) is 2.40. The molecule has 1 saturated carbocycles. The van der Waals surface area contributed by atoms with Gasteiger partial charge in [-0.25, -0.2) is 0 Å². The van der Waals surface area contributed by atoms with Crippen LogP contribution in [-0.4, -0.2) is 37.1 Å². The van der Waals surface area contributed by atoms with Crippen molar-refractivity contribution in [3.63, 3.8) is 0 Å². The molecule has 2 nitrogen and oxygen atoms in total. The highest BCUT2D eigenvalue weighted by Crippen LogP contribution is 2.32. The standard InChI is InChI=1S/C12H24N2/c1-11(12-5-6-12)13-7-10-14-8-3-2-4-9-14/h11-13H,2-10H2,1H3/t11-/m1/s1. The van der Waals surface area contributed by atoms with Gasteiger partial charge in [0.25, 0.3) is 0 Å². The maximum absolute atomic E-state index is 3.65. The molecule has 1 aliphatic carbocycles. The fraction of sp³-hybridized carbons (Fsp3) is 1.00. The molecule has 1 saturated heterocycles. The molecule has 14 heavy (non-hydrogen) atoms. The molecule has 0 amide bonds. The second-order valence-corrected chi connectivity index (χ2v) is 4.98. The Hall–Kier alpha value is -0.0800. The summed E-state index contributed by atoms with van der Waals surface area (Å²) in [6.45, 7) is 7.46. The summed E-state index contributed by atoms with van der Waals surface area (Å²) in [5.41, 5.74) is 0. The average molecular weight is 196 g/mol. The van der Waals surface area contributed by atoms with Gasteiger partial charge in [-0.05, 0) is 51.6 Å². The van der Waals surface area contributed by atoms with Crippen LogP contribution in [0.1, 0.15) is 39.0 Å². The minimum atomic E-state index is 0.764. The van der Waals surface area contributed by atoms with Crippen molar-refractivity contribution in [2.24, 2.45) is 5.92 Å². The van der Waals surface area contributed by atoms with Crippen LogP contribution in [0, 0.1) is 5.92 Å². The molecule has 1 atom stereocenters. The lowest BCUT2D eigenvalue weighted by Crippen LogP contribution is -2.39. The first-order chi connectivity index (χ1) is 6.86. The number of likely N-dealkylation sites (tertiary alicyclic amines) is 1. The first kappa shape index (κ1) is 10.4. The van der Waals surface area contributed by atoms with Crippen molar-refractivity contribution in [3.05, 3.63) is 0 Å². The van der Waals surface area contributed by atoms with Crippen LogP contribution in [0.5, 0.6) is 0 Å². The molecular weight excluding hydrogens is 172 g/mol. The normalized spacial score (nSPS) is 26.4. The Kier molecular flexibility index (Phi) is 3.82. The lowest BCUT2D eigenvalue weighted by molar-refractivity contribution is 0.226. The second-order valence-electron chi connectivity index (χ2n) is 4.98. The van der Waals surface area contributed by atoms with E-state index in [4.69, 9.17) is 0 Å². The van der Waals surface area contributed by atoms with Crippen molar-refractivity contribution in [1.29, 1.82) is 0 Å². The lowest BCUT2D eigenvalue weighted by Gasteiger charge is -2.27. The van der Waals surface area contributed by atoms with Gasteiger partial charge >= 0.3 is 0 Å². The Morgan fingerprint density at radius 1 is 1.21 bits per heavy atom. The Labute approximate surface area is 88.1 Å². The number of nitrogens with zero attached hydrogens (tertiary/aromatic N) is 1. The third-order valence-corrected chi connectivity index (χ3v) is 3.67.